The van der Waals surface area contributed by atoms with E-state index in [2.05, 4.69) is 0 Å². The number of aliphatic hydroxyl groups is 1. The third-order valence-corrected chi connectivity index (χ3v) is 3.80. The monoisotopic (exact) mass is 330 g/mol. The lowest BCUT2D eigenvalue weighted by Crippen LogP contribution is -2.06. The van der Waals surface area contributed by atoms with Crippen LogP contribution in [0, 0.1) is 10.4 Å². The zero-order valence-corrected chi connectivity index (χ0v) is 13.4. The maximum absolute atomic E-state index is 10.8. The lowest BCUT2D eigenvalue weighted by molar-refractivity contribution is -0.377. The van der Waals surface area contributed by atoms with E-state index < -0.39 is 4.90 Å². The predicted molar refractivity (Wildman–Crippen MR) is 101 cm³/mol. The van der Waals surface area contributed by atoms with E-state index in [0.717, 1.165) is 11.1 Å². The summed E-state index contributed by atoms with van der Waals surface area (Å²) >= 11 is 0. The molecule has 124 valence electrons. The van der Waals surface area contributed by atoms with Crippen LogP contribution in [-0.2, 0) is 0 Å². The number of hydrogen-bond donors (Lipinski definition) is 1. The van der Waals surface area contributed by atoms with E-state index in [1.54, 1.807) is 12.2 Å². The van der Waals surface area contributed by atoms with Crippen molar-refractivity contribution in [3.05, 3.63) is 118 Å². The number of hydrogen-bond acceptors (Lipinski definition) is 3. The fourth-order valence-electron chi connectivity index (χ4n) is 2.52. The summed E-state index contributed by atoms with van der Waals surface area (Å²) in [6.45, 7) is 0. The Kier molecular flexibility index (Phi) is 4.81. The SMILES string of the molecule is [O-][N+]([O-])=C1C=CC(=CC(=C(O)c2ccccc2)c2ccccc2)C=C1. The molecule has 0 spiro atoms. The largest absolute Gasteiger partial charge is 0.612 e. The molecule has 1 aliphatic rings. The van der Waals surface area contributed by atoms with Crippen molar-refractivity contribution in [3.63, 3.8) is 0 Å². The molecule has 25 heavy (non-hydrogen) atoms. The molecule has 0 aliphatic heterocycles. The summed E-state index contributed by atoms with van der Waals surface area (Å²) in [5.74, 6) is 0.158. The van der Waals surface area contributed by atoms with E-state index in [0.29, 0.717) is 11.1 Å². The highest BCUT2D eigenvalue weighted by molar-refractivity contribution is 6.03. The van der Waals surface area contributed by atoms with Gasteiger partial charge in [-0.1, -0.05) is 60.7 Å². The average molecular weight is 330 g/mol. The minimum Gasteiger partial charge on any atom is -0.612 e. The molecular formula is C21H16NO3-. The second-order valence-corrected chi connectivity index (χ2v) is 5.49. The molecule has 3 rings (SSSR count). The quantitative estimate of drug-likeness (QED) is 0.386. The molecule has 0 radical (unpaired) electrons. The van der Waals surface area contributed by atoms with Crippen molar-refractivity contribution in [1.29, 1.82) is 0 Å². The van der Waals surface area contributed by atoms with Crippen molar-refractivity contribution in [1.82, 2.24) is 0 Å². The molecule has 0 heterocycles. The smallest absolute Gasteiger partial charge is 0.222 e. The number of nitrogens with zero attached hydrogens (tertiary/aromatic N) is 1. The van der Waals surface area contributed by atoms with Crippen LogP contribution in [0.5, 0.6) is 0 Å². The Bertz CT molecular complexity index is 883. The van der Waals surface area contributed by atoms with Crippen molar-refractivity contribution in [2.45, 2.75) is 0 Å². The molecular weight excluding hydrogens is 314 g/mol. The van der Waals surface area contributed by atoms with Gasteiger partial charge in [0.15, 0.2) is 0 Å². The molecule has 1 aliphatic carbocycles. The van der Waals surface area contributed by atoms with Crippen LogP contribution < -0.4 is 0 Å². The van der Waals surface area contributed by atoms with E-state index in [-0.39, 0.29) is 11.5 Å². The minimum atomic E-state index is -0.431. The van der Waals surface area contributed by atoms with Gasteiger partial charge in [-0.25, -0.2) is 0 Å². The first-order valence-corrected chi connectivity index (χ1v) is 7.78. The molecule has 0 fully saturated rings. The van der Waals surface area contributed by atoms with Gasteiger partial charge in [0.1, 0.15) is 5.76 Å². The van der Waals surface area contributed by atoms with Crippen LogP contribution in [0.4, 0.5) is 0 Å². The summed E-state index contributed by atoms with van der Waals surface area (Å²) in [7, 11) is 0. The average Bonchev–Trinajstić information content (AvgIpc) is 2.67. The number of allylic oxidation sites excluding steroid dienone is 7. The Morgan fingerprint density at radius 1 is 0.760 bits per heavy atom. The second kappa shape index (κ2) is 7.36. The van der Waals surface area contributed by atoms with Gasteiger partial charge in [-0.15, -0.1) is 0 Å². The highest BCUT2D eigenvalue weighted by Crippen LogP contribution is 2.27. The summed E-state index contributed by atoms with van der Waals surface area (Å²) in [5, 5.41) is 32.4. The molecule has 0 amide bonds. The van der Waals surface area contributed by atoms with Crippen molar-refractivity contribution in [3.8, 4) is 0 Å². The number of aliphatic hydroxyl groups excluding tert-OH is 1. The summed E-state index contributed by atoms with van der Waals surface area (Å²) in [6.07, 6.45) is 8.06. The molecule has 0 saturated carbocycles. The summed E-state index contributed by atoms with van der Waals surface area (Å²) in [6, 6.07) is 18.8. The highest BCUT2D eigenvalue weighted by Gasteiger charge is 2.10. The third kappa shape index (κ3) is 3.87. The van der Waals surface area contributed by atoms with E-state index in [9.17, 15) is 15.5 Å². The van der Waals surface area contributed by atoms with E-state index in [1.807, 2.05) is 66.7 Å². The first-order valence-electron chi connectivity index (χ1n) is 7.78. The Morgan fingerprint density at radius 2 is 1.28 bits per heavy atom. The van der Waals surface area contributed by atoms with Crippen LogP contribution in [0.15, 0.2) is 96.6 Å². The van der Waals surface area contributed by atoms with Crippen molar-refractivity contribution in [2.75, 3.05) is 0 Å². The summed E-state index contributed by atoms with van der Waals surface area (Å²) in [4.78, 5) is -0.431. The molecule has 2 aromatic carbocycles. The van der Waals surface area contributed by atoms with Gasteiger partial charge >= 0.3 is 0 Å². The Hall–Kier alpha value is -3.53. The predicted octanol–water partition coefficient (Wildman–Crippen LogP) is 4.61. The maximum atomic E-state index is 10.8. The van der Waals surface area contributed by atoms with Crippen LogP contribution in [-0.4, -0.2) is 15.7 Å². The maximum Gasteiger partial charge on any atom is 0.222 e. The molecule has 0 saturated heterocycles. The molecule has 0 aromatic heterocycles. The van der Waals surface area contributed by atoms with E-state index in [1.165, 1.54) is 12.2 Å². The van der Waals surface area contributed by atoms with Crippen LogP contribution in [0.3, 0.4) is 0 Å². The fourth-order valence-corrected chi connectivity index (χ4v) is 2.52. The minimum absolute atomic E-state index is 0.0367. The summed E-state index contributed by atoms with van der Waals surface area (Å²) in [5.41, 5.74) is 3.03. The second-order valence-electron chi connectivity index (χ2n) is 5.49. The highest BCUT2D eigenvalue weighted by atomic mass is 16.8. The first-order chi connectivity index (χ1) is 12.1. The molecule has 0 atom stereocenters. The van der Waals surface area contributed by atoms with Crippen LogP contribution in [0.1, 0.15) is 11.1 Å². The summed E-state index contributed by atoms with van der Waals surface area (Å²) < 4.78 is 0. The Morgan fingerprint density at radius 3 is 1.80 bits per heavy atom. The van der Waals surface area contributed by atoms with Gasteiger partial charge in [0.05, 0.1) is 0 Å². The van der Waals surface area contributed by atoms with Crippen molar-refractivity contribution >= 4 is 17.0 Å². The molecule has 1 N–H and O–H groups in total. The molecule has 0 unspecified atom stereocenters. The van der Waals surface area contributed by atoms with Gasteiger partial charge in [-0.05, 0) is 29.4 Å². The van der Waals surface area contributed by atoms with Crippen LogP contribution in [0.2, 0.25) is 0 Å². The van der Waals surface area contributed by atoms with Gasteiger partial charge in [-0.2, -0.15) is 4.90 Å². The van der Waals surface area contributed by atoms with Crippen LogP contribution >= 0.6 is 0 Å². The fraction of sp³-hybridized carbons (Fsp3) is 0. The van der Waals surface area contributed by atoms with Gasteiger partial charge in [0, 0.05) is 23.3 Å². The van der Waals surface area contributed by atoms with E-state index in [4.69, 9.17) is 0 Å². The Balaban J connectivity index is 2.09. The van der Waals surface area contributed by atoms with Gasteiger partial charge in [0.25, 0.3) is 0 Å². The Labute approximate surface area is 145 Å². The topological polar surface area (TPSA) is 69.4 Å². The standard InChI is InChI=1S/C21H16NO3/c23-21(18-9-5-2-6-10-18)20(17-7-3-1-4-8-17)15-16-11-13-19(14-12-16)22(24)25/h1-15H,(H-,23,24,25)/q-1. The normalized spacial score (nSPS) is 14.2. The van der Waals surface area contributed by atoms with Crippen molar-refractivity contribution in [2.24, 2.45) is 0 Å². The first kappa shape index (κ1) is 16.3. The van der Waals surface area contributed by atoms with Gasteiger partial charge in [0.2, 0.25) is 5.71 Å². The van der Waals surface area contributed by atoms with E-state index >= 15 is 0 Å². The third-order valence-electron chi connectivity index (χ3n) is 3.80. The number of benzene rings is 2. The molecule has 4 nitrogen and oxygen atoms in total. The zero-order chi connectivity index (χ0) is 17.6. The number of rotatable bonds is 3. The molecule has 4 heteroatoms. The molecule has 2 aromatic rings. The lowest BCUT2D eigenvalue weighted by Gasteiger charge is -2.11. The van der Waals surface area contributed by atoms with Gasteiger partial charge in [-0.3, -0.25) is 0 Å². The lowest BCUT2D eigenvalue weighted by atomic mass is 9.97. The zero-order valence-electron chi connectivity index (χ0n) is 13.4. The van der Waals surface area contributed by atoms with Gasteiger partial charge < -0.3 is 15.5 Å². The van der Waals surface area contributed by atoms with Crippen LogP contribution in [0.25, 0.3) is 11.3 Å². The molecule has 0 bridgehead atoms. The van der Waals surface area contributed by atoms with Crippen molar-refractivity contribution < 1.29 is 10.0 Å².